The Morgan fingerprint density at radius 2 is 1.82 bits per heavy atom. The van der Waals surface area contributed by atoms with Gasteiger partial charge in [-0.3, -0.25) is 9.59 Å². The predicted molar refractivity (Wildman–Crippen MR) is 103 cm³/mol. The molecule has 1 heterocycles. The number of piperidine rings is 1. The molecule has 2 N–H and O–H groups in total. The topological polar surface area (TPSA) is 111 Å². The second kappa shape index (κ2) is 9.03. The molecule has 0 spiro atoms. The van der Waals surface area contributed by atoms with Gasteiger partial charge < -0.3 is 20.1 Å². The van der Waals surface area contributed by atoms with Gasteiger partial charge in [-0.25, -0.2) is 0 Å². The van der Waals surface area contributed by atoms with E-state index in [9.17, 15) is 14.5 Å². The molecule has 8 heteroatoms. The number of nitroso groups, excluding NO2 is 1. The zero-order chi connectivity index (χ0) is 20.1. The molecule has 28 heavy (non-hydrogen) atoms. The van der Waals surface area contributed by atoms with Gasteiger partial charge in [-0.15, -0.1) is 4.91 Å². The minimum atomic E-state index is -1.64. The van der Waals surface area contributed by atoms with Crippen LogP contribution >= 0.6 is 0 Å². The van der Waals surface area contributed by atoms with Gasteiger partial charge in [-0.05, 0) is 67.3 Å². The van der Waals surface area contributed by atoms with Crippen LogP contribution < -0.4 is 15.2 Å². The van der Waals surface area contributed by atoms with Gasteiger partial charge in [-0.2, -0.15) is 0 Å². The van der Waals surface area contributed by atoms with Gasteiger partial charge in [0.1, 0.15) is 0 Å². The Balaban J connectivity index is 1.65. The molecule has 0 bridgehead atoms. The Labute approximate surface area is 164 Å². The number of hydrogen-bond donors (Lipinski definition) is 1. The molecule has 0 aromatic heterocycles. The highest BCUT2D eigenvalue weighted by Crippen LogP contribution is 2.37. The summed E-state index contributed by atoms with van der Waals surface area (Å²) in [5.41, 5.74) is 6.22. The number of likely N-dealkylation sites (tertiary alicyclic amines) is 1. The molecule has 1 saturated heterocycles. The van der Waals surface area contributed by atoms with Crippen LogP contribution in [0.25, 0.3) is 0 Å². The lowest BCUT2D eigenvalue weighted by atomic mass is 9.89. The summed E-state index contributed by atoms with van der Waals surface area (Å²) in [7, 11) is 1.64. The van der Waals surface area contributed by atoms with Crippen molar-refractivity contribution in [2.75, 3.05) is 20.2 Å². The molecule has 1 aromatic rings. The van der Waals surface area contributed by atoms with Gasteiger partial charge in [0.05, 0.1) is 13.2 Å². The monoisotopic (exact) mass is 389 g/mol. The molecule has 3 rings (SSSR count). The quantitative estimate of drug-likeness (QED) is 0.568. The number of ether oxygens (including phenoxy) is 2. The number of benzene rings is 1. The summed E-state index contributed by atoms with van der Waals surface area (Å²) in [6.07, 6.45) is 6.23. The van der Waals surface area contributed by atoms with Gasteiger partial charge in [-0.1, -0.05) is 6.07 Å². The van der Waals surface area contributed by atoms with Gasteiger partial charge in [0.15, 0.2) is 11.5 Å². The van der Waals surface area contributed by atoms with Crippen LogP contribution in [0.5, 0.6) is 11.5 Å². The van der Waals surface area contributed by atoms with E-state index in [0.29, 0.717) is 13.1 Å². The highest BCUT2D eigenvalue weighted by atomic mass is 16.5. The largest absolute Gasteiger partial charge is 0.493 e. The first-order valence-corrected chi connectivity index (χ1v) is 9.78. The summed E-state index contributed by atoms with van der Waals surface area (Å²) in [4.78, 5) is 35.7. The number of hydrogen-bond acceptors (Lipinski definition) is 6. The van der Waals surface area contributed by atoms with E-state index in [0.717, 1.165) is 42.7 Å². The van der Waals surface area contributed by atoms with Crippen LogP contribution in [-0.2, 0) is 9.59 Å². The normalized spacial score (nSPS) is 19.2. The number of carbonyl (C=O) groups excluding carboxylic acids is 2. The number of methoxy groups -OCH3 is 1. The molecule has 2 aliphatic rings. The Bertz CT molecular complexity index is 725. The molecule has 2 fully saturated rings. The molecule has 1 aliphatic carbocycles. The number of nitrogens with two attached hydrogens (primary N) is 1. The number of amides is 2. The van der Waals surface area contributed by atoms with Crippen molar-refractivity contribution in [2.45, 2.75) is 56.6 Å². The fraction of sp³-hybridized carbons (Fsp3) is 0.600. The molecule has 0 radical (unpaired) electrons. The maximum absolute atomic E-state index is 12.2. The van der Waals surface area contributed by atoms with Crippen molar-refractivity contribution in [3.63, 3.8) is 0 Å². The van der Waals surface area contributed by atoms with Crippen molar-refractivity contribution in [1.29, 1.82) is 0 Å². The highest BCUT2D eigenvalue weighted by Gasteiger charge is 2.33. The Morgan fingerprint density at radius 1 is 1.14 bits per heavy atom. The average Bonchev–Trinajstić information content (AvgIpc) is 3.21. The van der Waals surface area contributed by atoms with Crippen molar-refractivity contribution >= 4 is 11.8 Å². The predicted octanol–water partition coefficient (Wildman–Crippen LogP) is 2.34. The van der Waals surface area contributed by atoms with Crippen molar-refractivity contribution in [3.8, 4) is 11.5 Å². The molecule has 8 nitrogen and oxygen atoms in total. The van der Waals surface area contributed by atoms with Gasteiger partial charge in [0.2, 0.25) is 6.04 Å². The van der Waals surface area contributed by atoms with Crippen molar-refractivity contribution in [3.05, 3.63) is 28.7 Å². The van der Waals surface area contributed by atoms with E-state index < -0.39 is 17.9 Å². The fourth-order valence-corrected chi connectivity index (χ4v) is 4.05. The maximum Gasteiger partial charge on any atom is 0.260 e. The zero-order valence-electron chi connectivity index (χ0n) is 16.1. The summed E-state index contributed by atoms with van der Waals surface area (Å²) in [5.74, 6) is 0.137. The summed E-state index contributed by atoms with van der Waals surface area (Å²) in [5, 5.41) is 2.57. The summed E-state index contributed by atoms with van der Waals surface area (Å²) in [6.45, 7) is 0.904. The van der Waals surface area contributed by atoms with Crippen molar-refractivity contribution in [1.82, 2.24) is 4.90 Å². The highest BCUT2D eigenvalue weighted by molar-refractivity contribution is 6.03. The van der Waals surface area contributed by atoms with E-state index in [1.54, 1.807) is 7.11 Å². The zero-order valence-corrected chi connectivity index (χ0v) is 16.1. The molecular formula is C20H27N3O5. The first kappa shape index (κ1) is 20.1. The summed E-state index contributed by atoms with van der Waals surface area (Å²) < 4.78 is 11.6. The van der Waals surface area contributed by atoms with Crippen LogP contribution in [0.15, 0.2) is 23.4 Å². The molecule has 152 valence electrons. The summed E-state index contributed by atoms with van der Waals surface area (Å²) in [6, 6.07) is 4.36. The van der Waals surface area contributed by atoms with Crippen LogP contribution in [-0.4, -0.2) is 49.1 Å². The van der Waals surface area contributed by atoms with Crippen molar-refractivity contribution in [2.24, 2.45) is 10.9 Å². The number of primary amides is 1. The van der Waals surface area contributed by atoms with E-state index in [4.69, 9.17) is 15.2 Å². The third-order valence-electron chi connectivity index (χ3n) is 5.67. The number of rotatable bonds is 7. The first-order valence-electron chi connectivity index (χ1n) is 9.78. The second-order valence-electron chi connectivity index (χ2n) is 7.44. The molecule has 1 unspecified atom stereocenters. The van der Waals surface area contributed by atoms with Crippen LogP contribution in [0.4, 0.5) is 0 Å². The van der Waals surface area contributed by atoms with Gasteiger partial charge in [0.25, 0.3) is 11.8 Å². The van der Waals surface area contributed by atoms with Crippen LogP contribution in [0.1, 0.15) is 50.0 Å². The number of nitrogens with zero attached hydrogens (tertiary/aromatic N) is 2. The van der Waals surface area contributed by atoms with Crippen LogP contribution in [0.2, 0.25) is 0 Å². The van der Waals surface area contributed by atoms with Crippen LogP contribution in [0, 0.1) is 4.91 Å². The molecular weight excluding hydrogens is 362 g/mol. The third-order valence-corrected chi connectivity index (χ3v) is 5.67. The molecule has 1 atom stereocenters. The lowest BCUT2D eigenvalue weighted by Gasteiger charge is -2.33. The smallest absolute Gasteiger partial charge is 0.260 e. The second-order valence-corrected chi connectivity index (χ2v) is 7.44. The standard InChI is InChI=1S/C20H27N3O5/c1-27-16-7-6-14(12-17(16)28-15-4-2-3-5-15)13-8-10-23(11-9-13)20(25)18(22-26)19(21)24/h6-7,12-13,15,18H,2-5,8-11H2,1H3,(H2,21,24). The van der Waals surface area contributed by atoms with Gasteiger partial charge >= 0.3 is 0 Å². The SMILES string of the molecule is COc1ccc(C2CCN(C(=O)C(N=O)C(N)=O)CC2)cc1OC1CCCC1. The Kier molecular flexibility index (Phi) is 6.49. The molecule has 1 aliphatic heterocycles. The molecule has 2 amide bonds. The third kappa shape index (κ3) is 4.43. The van der Waals surface area contributed by atoms with E-state index in [1.807, 2.05) is 18.2 Å². The molecule has 1 aromatic carbocycles. The molecule has 1 saturated carbocycles. The maximum atomic E-state index is 12.2. The lowest BCUT2D eigenvalue weighted by molar-refractivity contribution is -0.137. The van der Waals surface area contributed by atoms with Crippen molar-refractivity contribution < 1.29 is 19.1 Å². The van der Waals surface area contributed by atoms with Gasteiger partial charge in [0, 0.05) is 13.1 Å². The minimum absolute atomic E-state index is 0.241. The Hall–Kier alpha value is -2.64. The van der Waals surface area contributed by atoms with Crippen LogP contribution in [0.3, 0.4) is 0 Å². The number of carbonyl (C=O) groups is 2. The average molecular weight is 389 g/mol. The lowest BCUT2D eigenvalue weighted by Crippen LogP contribution is -2.47. The van der Waals surface area contributed by atoms with E-state index in [1.165, 1.54) is 17.7 Å². The van der Waals surface area contributed by atoms with E-state index in [2.05, 4.69) is 5.18 Å². The minimum Gasteiger partial charge on any atom is -0.493 e. The fourth-order valence-electron chi connectivity index (χ4n) is 4.05. The first-order chi connectivity index (χ1) is 13.5. The van der Waals surface area contributed by atoms with E-state index in [-0.39, 0.29) is 12.0 Å². The Morgan fingerprint density at radius 3 is 2.39 bits per heavy atom. The van der Waals surface area contributed by atoms with E-state index >= 15 is 0 Å². The summed E-state index contributed by atoms with van der Waals surface area (Å²) >= 11 is 0.